The summed E-state index contributed by atoms with van der Waals surface area (Å²) >= 11 is 1.62. The van der Waals surface area contributed by atoms with Crippen molar-refractivity contribution in [2.45, 2.75) is 50.0 Å². The van der Waals surface area contributed by atoms with Gasteiger partial charge in [-0.1, -0.05) is 97.9 Å². The second-order valence-corrected chi connectivity index (χ2v) is 13.4. The molecule has 0 spiro atoms. The molecule has 0 saturated carbocycles. The Morgan fingerprint density at radius 3 is 2.06 bits per heavy atom. The van der Waals surface area contributed by atoms with E-state index in [1.807, 2.05) is 103 Å². The molecule has 5 aromatic carbocycles. The van der Waals surface area contributed by atoms with Gasteiger partial charge < -0.3 is 30.3 Å². The van der Waals surface area contributed by atoms with E-state index in [1.54, 1.807) is 23.9 Å². The lowest BCUT2D eigenvalue weighted by molar-refractivity contribution is -0.268. The quantitative estimate of drug-likeness (QED) is 0.0979. The zero-order chi connectivity index (χ0) is 34.9. The lowest BCUT2D eigenvalue weighted by Gasteiger charge is -2.41. The van der Waals surface area contributed by atoms with E-state index in [2.05, 4.69) is 29.7 Å². The molecule has 9 heteroatoms. The first-order valence-electron chi connectivity index (χ1n) is 16.6. The number of aromatic carboxylic acids is 1. The van der Waals surface area contributed by atoms with Crippen LogP contribution in [0.25, 0.3) is 11.1 Å². The van der Waals surface area contributed by atoms with Gasteiger partial charge >= 0.3 is 12.0 Å². The minimum Gasteiger partial charge on any atom is -0.478 e. The molecule has 1 fully saturated rings. The molecule has 256 valence electrons. The number of hydrogen-bond donors (Lipinski definition) is 4. The number of aliphatic hydroxyl groups excluding tert-OH is 1. The molecule has 1 aliphatic rings. The molecule has 4 N–H and O–H groups in total. The average molecular weight is 689 g/mol. The predicted octanol–water partition coefficient (Wildman–Crippen LogP) is 8.13. The summed E-state index contributed by atoms with van der Waals surface area (Å²) in [6.07, 6.45) is -1.06. The molecule has 1 saturated heterocycles. The van der Waals surface area contributed by atoms with Gasteiger partial charge in [-0.3, -0.25) is 0 Å². The van der Waals surface area contributed by atoms with Crippen molar-refractivity contribution in [1.29, 1.82) is 0 Å². The standard InChI is InChI=1S/C41H40N2O6S/c1-27-37(26-50-36-19-17-32(18-20-36)39(45)46)48-40(49-38(27)31-15-13-29(25-44)14-16-31)35-12-6-11-34(22-35)33-10-5-9-30(21-33)24-43-41(47)42-23-28-7-3-2-4-8-28/h2-22,27,37-38,40,44H,23-26H2,1H3,(H,45,46)(H2,42,43,47). The Morgan fingerprint density at radius 2 is 1.36 bits per heavy atom. The van der Waals surface area contributed by atoms with E-state index in [9.17, 15) is 19.8 Å². The highest BCUT2D eigenvalue weighted by atomic mass is 32.2. The number of carboxylic acids is 1. The Hall–Kier alpha value is -4.93. The number of amides is 2. The number of urea groups is 1. The molecule has 50 heavy (non-hydrogen) atoms. The van der Waals surface area contributed by atoms with Crippen LogP contribution in [0.15, 0.2) is 132 Å². The second kappa shape index (κ2) is 16.7. The van der Waals surface area contributed by atoms with Gasteiger partial charge in [0, 0.05) is 35.2 Å². The molecule has 0 radical (unpaired) electrons. The number of aliphatic hydroxyl groups is 1. The van der Waals surface area contributed by atoms with Crippen molar-refractivity contribution in [1.82, 2.24) is 10.6 Å². The topological polar surface area (TPSA) is 117 Å². The minimum absolute atomic E-state index is 0.00859. The molecule has 4 atom stereocenters. The molecule has 0 aromatic heterocycles. The van der Waals surface area contributed by atoms with Crippen molar-refractivity contribution < 1.29 is 29.3 Å². The maximum absolute atomic E-state index is 12.5. The van der Waals surface area contributed by atoms with Crippen LogP contribution in [-0.4, -0.2) is 34.1 Å². The fourth-order valence-electron chi connectivity index (χ4n) is 5.93. The molecule has 1 heterocycles. The summed E-state index contributed by atoms with van der Waals surface area (Å²) in [5.41, 5.74) is 6.99. The summed E-state index contributed by atoms with van der Waals surface area (Å²) in [5.74, 6) is -0.297. The van der Waals surface area contributed by atoms with Crippen LogP contribution in [0.5, 0.6) is 0 Å². The summed E-state index contributed by atoms with van der Waals surface area (Å²) in [6, 6.07) is 40.5. The molecule has 8 nitrogen and oxygen atoms in total. The Labute approximate surface area is 296 Å². The Bertz CT molecular complexity index is 1880. The number of rotatable bonds is 12. The highest BCUT2D eigenvalue weighted by molar-refractivity contribution is 7.99. The Morgan fingerprint density at radius 1 is 0.700 bits per heavy atom. The third kappa shape index (κ3) is 8.99. The highest BCUT2D eigenvalue weighted by Gasteiger charge is 2.38. The minimum atomic E-state index is -0.951. The van der Waals surface area contributed by atoms with Crippen molar-refractivity contribution in [2.24, 2.45) is 5.92 Å². The van der Waals surface area contributed by atoms with Crippen molar-refractivity contribution in [3.8, 4) is 11.1 Å². The number of nitrogens with one attached hydrogen (secondary N) is 2. The zero-order valence-electron chi connectivity index (χ0n) is 27.7. The van der Waals surface area contributed by atoms with Crippen LogP contribution in [0, 0.1) is 5.92 Å². The molecule has 2 amide bonds. The monoisotopic (exact) mass is 688 g/mol. The smallest absolute Gasteiger partial charge is 0.335 e. The Kier molecular flexibility index (Phi) is 11.6. The first-order valence-corrected chi connectivity index (χ1v) is 17.6. The fourth-order valence-corrected chi connectivity index (χ4v) is 7.00. The molecule has 4 unspecified atom stereocenters. The van der Waals surface area contributed by atoms with Crippen molar-refractivity contribution >= 4 is 23.8 Å². The van der Waals surface area contributed by atoms with Crippen molar-refractivity contribution in [2.75, 3.05) is 5.75 Å². The first-order chi connectivity index (χ1) is 24.4. The van der Waals surface area contributed by atoms with Crippen LogP contribution >= 0.6 is 11.8 Å². The lowest BCUT2D eigenvalue weighted by Crippen LogP contribution is -2.38. The van der Waals surface area contributed by atoms with E-state index >= 15 is 0 Å². The fraction of sp³-hybridized carbons (Fsp3) is 0.220. The van der Waals surface area contributed by atoms with Gasteiger partial charge in [-0.25, -0.2) is 9.59 Å². The van der Waals surface area contributed by atoms with E-state index in [0.29, 0.717) is 18.8 Å². The maximum atomic E-state index is 12.5. The number of thioether (sulfide) groups is 1. The maximum Gasteiger partial charge on any atom is 0.335 e. The number of carboxylic acid groups (broad SMARTS) is 1. The highest BCUT2D eigenvalue weighted by Crippen LogP contribution is 2.43. The van der Waals surface area contributed by atoms with Crippen LogP contribution in [0.1, 0.15) is 57.5 Å². The van der Waals surface area contributed by atoms with Crippen molar-refractivity contribution in [3.05, 3.63) is 161 Å². The number of hydrogen-bond acceptors (Lipinski definition) is 6. The average Bonchev–Trinajstić information content (AvgIpc) is 3.16. The molecular formula is C41H40N2O6S. The van der Waals surface area contributed by atoms with E-state index in [1.165, 1.54) is 0 Å². The second-order valence-electron chi connectivity index (χ2n) is 12.3. The molecule has 5 aromatic rings. The molecular weight excluding hydrogens is 649 g/mol. The normalized spacial score (nSPS) is 18.7. The number of carbonyl (C=O) groups is 2. The summed E-state index contributed by atoms with van der Waals surface area (Å²) in [6.45, 7) is 2.93. The van der Waals surface area contributed by atoms with E-state index in [0.717, 1.165) is 43.8 Å². The largest absolute Gasteiger partial charge is 0.478 e. The third-order valence-corrected chi connectivity index (χ3v) is 9.91. The molecule has 0 aliphatic carbocycles. The van der Waals surface area contributed by atoms with Gasteiger partial charge in [-0.15, -0.1) is 11.8 Å². The van der Waals surface area contributed by atoms with Crippen LogP contribution in [0.4, 0.5) is 4.79 Å². The van der Waals surface area contributed by atoms with Gasteiger partial charge in [0.15, 0.2) is 6.29 Å². The summed E-state index contributed by atoms with van der Waals surface area (Å²) in [7, 11) is 0. The summed E-state index contributed by atoms with van der Waals surface area (Å²) in [5, 5.41) is 24.7. The zero-order valence-corrected chi connectivity index (χ0v) is 28.5. The van der Waals surface area contributed by atoms with Gasteiger partial charge in [0.05, 0.1) is 24.4 Å². The number of carbonyl (C=O) groups excluding carboxylic acids is 1. The van der Waals surface area contributed by atoms with Gasteiger partial charge in [0.25, 0.3) is 0 Å². The summed E-state index contributed by atoms with van der Waals surface area (Å²) in [4.78, 5) is 24.7. The number of ether oxygens (including phenoxy) is 2. The van der Waals surface area contributed by atoms with Crippen LogP contribution < -0.4 is 10.6 Å². The van der Waals surface area contributed by atoms with Gasteiger partial charge in [0.1, 0.15) is 0 Å². The first kappa shape index (κ1) is 34.9. The van der Waals surface area contributed by atoms with E-state index < -0.39 is 12.3 Å². The molecule has 1 aliphatic heterocycles. The molecule has 0 bridgehead atoms. The van der Waals surface area contributed by atoms with Crippen LogP contribution in [0.2, 0.25) is 0 Å². The Balaban J connectivity index is 1.17. The lowest BCUT2D eigenvalue weighted by atomic mass is 9.91. The van der Waals surface area contributed by atoms with E-state index in [-0.39, 0.29) is 36.3 Å². The van der Waals surface area contributed by atoms with Gasteiger partial charge in [-0.05, 0) is 69.8 Å². The number of benzene rings is 5. The van der Waals surface area contributed by atoms with Crippen LogP contribution in [0.3, 0.4) is 0 Å². The predicted molar refractivity (Wildman–Crippen MR) is 194 cm³/mol. The van der Waals surface area contributed by atoms with E-state index in [4.69, 9.17) is 9.47 Å². The van der Waals surface area contributed by atoms with Gasteiger partial charge in [-0.2, -0.15) is 0 Å². The molecule has 6 rings (SSSR count). The SMILES string of the molecule is CC1C(CSc2ccc(C(=O)O)cc2)OC(c2cccc(-c3cccc(CNC(=O)NCc4ccccc4)c3)c2)OC1c1ccc(CO)cc1. The third-order valence-electron chi connectivity index (χ3n) is 8.81. The van der Waals surface area contributed by atoms with Crippen molar-refractivity contribution in [3.63, 3.8) is 0 Å². The van der Waals surface area contributed by atoms with Crippen LogP contribution in [-0.2, 0) is 29.2 Å². The summed E-state index contributed by atoms with van der Waals surface area (Å²) < 4.78 is 13.4. The van der Waals surface area contributed by atoms with Gasteiger partial charge in [0.2, 0.25) is 0 Å².